The summed E-state index contributed by atoms with van der Waals surface area (Å²) in [6.07, 6.45) is -0.212. The van der Waals surface area contributed by atoms with Gasteiger partial charge in [0.1, 0.15) is 0 Å². The Bertz CT molecular complexity index is 196. The molecular weight excluding hydrogens is 182 g/mol. The van der Waals surface area contributed by atoms with Crippen molar-refractivity contribution in [3.63, 3.8) is 0 Å². The zero-order valence-electron chi connectivity index (χ0n) is 8.90. The molecule has 2 N–H and O–H groups in total. The van der Waals surface area contributed by atoms with Crippen LogP contribution in [-0.2, 0) is 4.74 Å². The van der Waals surface area contributed by atoms with E-state index in [2.05, 4.69) is 0 Å². The highest BCUT2D eigenvalue weighted by Gasteiger charge is 2.25. The maximum Gasteiger partial charge on any atom is 0.409 e. The monoisotopic (exact) mass is 201 g/mol. The molecule has 1 unspecified atom stereocenters. The van der Waals surface area contributed by atoms with Gasteiger partial charge in [0, 0.05) is 32.1 Å². The van der Waals surface area contributed by atoms with E-state index in [1.54, 1.807) is 4.90 Å². The van der Waals surface area contributed by atoms with E-state index in [1.807, 2.05) is 19.0 Å². The number of cyclic esters (lactones) is 1. The van der Waals surface area contributed by atoms with E-state index >= 15 is 0 Å². The van der Waals surface area contributed by atoms with Gasteiger partial charge in [0.05, 0.1) is 6.61 Å². The first-order valence-corrected chi connectivity index (χ1v) is 4.90. The fourth-order valence-corrected chi connectivity index (χ4v) is 1.37. The van der Waals surface area contributed by atoms with Crippen molar-refractivity contribution in [1.82, 2.24) is 9.80 Å². The van der Waals surface area contributed by atoms with E-state index in [0.29, 0.717) is 19.7 Å². The normalized spacial score (nSPS) is 22.7. The average molecular weight is 201 g/mol. The molecule has 14 heavy (non-hydrogen) atoms. The molecule has 1 atom stereocenters. The van der Waals surface area contributed by atoms with Gasteiger partial charge in [0.15, 0.2) is 0 Å². The molecule has 1 rings (SSSR count). The van der Waals surface area contributed by atoms with E-state index < -0.39 is 0 Å². The summed E-state index contributed by atoms with van der Waals surface area (Å²) in [6.45, 7) is 3.33. The standard InChI is InChI=1S/C9H19N3O2/c1-11(2)3-4-12-6-8(5-10)7-14-9(12)13/h8H,3-7,10H2,1-2H3. The van der Waals surface area contributed by atoms with Crippen LogP contribution >= 0.6 is 0 Å². The van der Waals surface area contributed by atoms with Crippen LogP contribution in [0.3, 0.4) is 0 Å². The predicted molar refractivity (Wildman–Crippen MR) is 54.0 cm³/mol. The molecule has 0 spiro atoms. The predicted octanol–water partition coefficient (Wildman–Crippen LogP) is -0.425. The number of amides is 1. The summed E-state index contributed by atoms with van der Waals surface area (Å²) in [5, 5.41) is 0. The molecule has 0 radical (unpaired) electrons. The molecule has 0 bridgehead atoms. The Morgan fingerprint density at radius 2 is 2.36 bits per heavy atom. The number of nitrogens with two attached hydrogens (primary N) is 1. The maximum absolute atomic E-state index is 11.3. The summed E-state index contributed by atoms with van der Waals surface area (Å²) in [4.78, 5) is 15.1. The van der Waals surface area contributed by atoms with Crippen molar-refractivity contribution in [3.05, 3.63) is 0 Å². The average Bonchev–Trinajstić information content (AvgIpc) is 2.16. The zero-order chi connectivity index (χ0) is 10.6. The van der Waals surface area contributed by atoms with E-state index in [1.165, 1.54) is 0 Å². The molecule has 0 aliphatic carbocycles. The Labute approximate surface area is 84.8 Å². The van der Waals surface area contributed by atoms with E-state index in [-0.39, 0.29) is 12.0 Å². The quantitative estimate of drug-likeness (QED) is 0.671. The zero-order valence-corrected chi connectivity index (χ0v) is 8.90. The van der Waals surface area contributed by atoms with Crippen molar-refractivity contribution in [3.8, 4) is 0 Å². The third-order valence-electron chi connectivity index (χ3n) is 2.33. The number of carbonyl (C=O) groups excluding carboxylic acids is 1. The van der Waals surface area contributed by atoms with Gasteiger partial charge in [-0.25, -0.2) is 4.79 Å². The number of rotatable bonds is 4. The lowest BCUT2D eigenvalue weighted by Gasteiger charge is -2.32. The van der Waals surface area contributed by atoms with Gasteiger partial charge in [0.2, 0.25) is 0 Å². The fraction of sp³-hybridized carbons (Fsp3) is 0.889. The van der Waals surface area contributed by atoms with Crippen molar-refractivity contribution in [2.24, 2.45) is 11.7 Å². The van der Waals surface area contributed by atoms with Crippen LogP contribution in [0.2, 0.25) is 0 Å². The van der Waals surface area contributed by atoms with Crippen LogP contribution in [-0.4, -0.2) is 62.8 Å². The third-order valence-corrected chi connectivity index (χ3v) is 2.33. The van der Waals surface area contributed by atoms with E-state index in [9.17, 15) is 4.79 Å². The molecule has 0 aromatic heterocycles. The van der Waals surface area contributed by atoms with Crippen molar-refractivity contribution < 1.29 is 9.53 Å². The van der Waals surface area contributed by atoms with Crippen molar-refractivity contribution in [1.29, 1.82) is 0 Å². The third kappa shape index (κ3) is 3.16. The second kappa shape index (κ2) is 5.17. The van der Waals surface area contributed by atoms with Crippen LogP contribution in [0.25, 0.3) is 0 Å². The molecule has 1 fully saturated rings. The van der Waals surface area contributed by atoms with Gasteiger partial charge in [-0.05, 0) is 14.1 Å². The summed E-state index contributed by atoms with van der Waals surface area (Å²) < 4.78 is 5.01. The highest BCUT2D eigenvalue weighted by Crippen LogP contribution is 2.09. The Balaban J connectivity index is 2.36. The van der Waals surface area contributed by atoms with Crippen molar-refractivity contribution in [2.45, 2.75) is 0 Å². The van der Waals surface area contributed by atoms with Gasteiger partial charge in [-0.2, -0.15) is 0 Å². The number of carbonyl (C=O) groups is 1. The summed E-state index contributed by atoms with van der Waals surface area (Å²) >= 11 is 0. The Morgan fingerprint density at radius 1 is 1.64 bits per heavy atom. The molecule has 0 saturated carbocycles. The van der Waals surface area contributed by atoms with Crippen LogP contribution in [0, 0.1) is 5.92 Å². The van der Waals surface area contributed by atoms with Crippen molar-refractivity contribution >= 4 is 6.09 Å². The Morgan fingerprint density at radius 3 is 2.93 bits per heavy atom. The van der Waals surface area contributed by atoms with E-state index in [4.69, 9.17) is 10.5 Å². The van der Waals surface area contributed by atoms with Gasteiger partial charge in [-0.3, -0.25) is 0 Å². The molecule has 5 heteroatoms. The summed E-state index contributed by atoms with van der Waals surface area (Å²) in [7, 11) is 3.96. The minimum absolute atomic E-state index is 0.212. The molecule has 1 saturated heterocycles. The van der Waals surface area contributed by atoms with Crippen molar-refractivity contribution in [2.75, 3.05) is 46.9 Å². The molecule has 1 aliphatic heterocycles. The summed E-state index contributed by atoms with van der Waals surface area (Å²) in [6, 6.07) is 0. The number of nitrogens with zero attached hydrogens (tertiary/aromatic N) is 2. The maximum atomic E-state index is 11.3. The lowest BCUT2D eigenvalue weighted by molar-refractivity contribution is 0.0434. The smallest absolute Gasteiger partial charge is 0.409 e. The Kier molecular flexibility index (Phi) is 4.16. The number of ether oxygens (including phenoxy) is 1. The molecular formula is C9H19N3O2. The molecule has 1 aliphatic rings. The molecule has 1 amide bonds. The number of hydrogen-bond donors (Lipinski definition) is 1. The van der Waals surface area contributed by atoms with Crippen LogP contribution in [0.15, 0.2) is 0 Å². The van der Waals surface area contributed by atoms with Gasteiger partial charge >= 0.3 is 6.09 Å². The van der Waals surface area contributed by atoms with Gasteiger partial charge in [-0.1, -0.05) is 0 Å². The second-order valence-corrected chi connectivity index (χ2v) is 3.93. The van der Waals surface area contributed by atoms with Crippen LogP contribution < -0.4 is 5.73 Å². The first-order valence-electron chi connectivity index (χ1n) is 4.90. The lowest BCUT2D eigenvalue weighted by Crippen LogP contribution is -2.47. The summed E-state index contributed by atoms with van der Waals surface area (Å²) in [5.41, 5.74) is 5.54. The van der Waals surface area contributed by atoms with Crippen LogP contribution in [0.4, 0.5) is 4.79 Å². The molecule has 0 aromatic carbocycles. The minimum Gasteiger partial charge on any atom is -0.449 e. The summed E-state index contributed by atoms with van der Waals surface area (Å²) in [5.74, 6) is 0.287. The molecule has 1 heterocycles. The fourth-order valence-electron chi connectivity index (χ4n) is 1.37. The number of likely N-dealkylation sites (N-methyl/N-ethyl adjacent to an activating group) is 1. The SMILES string of the molecule is CN(C)CCN1CC(CN)COC1=O. The molecule has 82 valence electrons. The molecule has 5 nitrogen and oxygen atoms in total. The molecule has 0 aromatic rings. The number of hydrogen-bond acceptors (Lipinski definition) is 4. The first kappa shape index (κ1) is 11.3. The topological polar surface area (TPSA) is 58.8 Å². The van der Waals surface area contributed by atoms with Gasteiger partial charge < -0.3 is 20.3 Å². The Hall–Kier alpha value is -0.810. The van der Waals surface area contributed by atoms with Crippen LogP contribution in [0.5, 0.6) is 0 Å². The first-order chi connectivity index (χ1) is 6.63. The largest absolute Gasteiger partial charge is 0.449 e. The second-order valence-electron chi connectivity index (χ2n) is 3.93. The lowest BCUT2D eigenvalue weighted by atomic mass is 10.1. The highest BCUT2D eigenvalue weighted by molar-refractivity contribution is 5.68. The minimum atomic E-state index is -0.212. The highest BCUT2D eigenvalue weighted by atomic mass is 16.6. The van der Waals surface area contributed by atoms with Gasteiger partial charge in [-0.15, -0.1) is 0 Å². The van der Waals surface area contributed by atoms with Gasteiger partial charge in [0.25, 0.3) is 0 Å². The van der Waals surface area contributed by atoms with Crippen LogP contribution in [0.1, 0.15) is 0 Å². The van der Waals surface area contributed by atoms with E-state index in [0.717, 1.165) is 13.1 Å².